The van der Waals surface area contributed by atoms with Gasteiger partial charge in [-0.25, -0.2) is 0 Å². The van der Waals surface area contributed by atoms with Gasteiger partial charge in [0.25, 0.3) is 0 Å². The maximum Gasteiger partial charge on any atom is 0.191 e. The van der Waals surface area contributed by atoms with Gasteiger partial charge in [-0.3, -0.25) is 4.99 Å². The second-order valence-corrected chi connectivity index (χ2v) is 5.43. The van der Waals surface area contributed by atoms with Crippen LogP contribution in [0.4, 0.5) is 0 Å². The van der Waals surface area contributed by atoms with Crippen LogP contribution in [-0.2, 0) is 4.74 Å². The Kier molecular flexibility index (Phi) is 9.07. The van der Waals surface area contributed by atoms with Crippen LogP contribution < -0.4 is 10.6 Å². The average Bonchev–Trinajstić information content (AvgIpc) is 2.98. The highest BCUT2D eigenvalue weighted by Gasteiger charge is 2.05. The monoisotopic (exact) mass is 297 g/mol. The molecule has 0 bridgehead atoms. The van der Waals surface area contributed by atoms with Crippen molar-refractivity contribution in [1.29, 1.82) is 0 Å². The third-order valence-electron chi connectivity index (χ3n) is 2.94. The van der Waals surface area contributed by atoms with Crippen molar-refractivity contribution in [3.05, 3.63) is 22.4 Å². The first kappa shape index (κ1) is 17.0. The summed E-state index contributed by atoms with van der Waals surface area (Å²) >= 11 is 1.74. The second kappa shape index (κ2) is 10.7. The minimum absolute atomic E-state index is 0.458. The molecule has 0 aromatic carbocycles. The van der Waals surface area contributed by atoms with E-state index in [4.69, 9.17) is 4.74 Å². The molecular weight excluding hydrogens is 270 g/mol. The zero-order valence-corrected chi connectivity index (χ0v) is 13.6. The highest BCUT2D eigenvalue weighted by atomic mass is 32.1. The van der Waals surface area contributed by atoms with E-state index in [1.807, 2.05) is 6.92 Å². The van der Waals surface area contributed by atoms with Crippen molar-refractivity contribution in [1.82, 2.24) is 10.6 Å². The van der Waals surface area contributed by atoms with Crippen molar-refractivity contribution < 1.29 is 4.74 Å². The Morgan fingerprint density at radius 2 is 2.25 bits per heavy atom. The Morgan fingerprint density at radius 1 is 1.40 bits per heavy atom. The van der Waals surface area contributed by atoms with Gasteiger partial charge in [0.05, 0.1) is 0 Å². The highest BCUT2D eigenvalue weighted by molar-refractivity contribution is 7.07. The molecule has 0 fully saturated rings. The zero-order chi connectivity index (χ0) is 14.6. The van der Waals surface area contributed by atoms with Crippen molar-refractivity contribution in [2.75, 3.05) is 32.8 Å². The molecule has 0 aliphatic carbocycles. The molecule has 5 heteroatoms. The van der Waals surface area contributed by atoms with Crippen LogP contribution in [0.1, 0.15) is 38.7 Å². The molecule has 0 radical (unpaired) electrons. The van der Waals surface area contributed by atoms with Crippen molar-refractivity contribution in [3.63, 3.8) is 0 Å². The summed E-state index contributed by atoms with van der Waals surface area (Å²) in [5.41, 5.74) is 1.37. The van der Waals surface area contributed by atoms with E-state index in [9.17, 15) is 0 Å². The molecule has 1 aromatic rings. The molecule has 0 aliphatic rings. The second-order valence-electron chi connectivity index (χ2n) is 4.65. The summed E-state index contributed by atoms with van der Waals surface area (Å²) in [6, 6.07) is 2.17. The van der Waals surface area contributed by atoms with Gasteiger partial charge in [0.15, 0.2) is 5.96 Å². The Balaban J connectivity index is 2.34. The van der Waals surface area contributed by atoms with E-state index in [0.29, 0.717) is 5.92 Å². The van der Waals surface area contributed by atoms with Crippen LogP contribution in [0.5, 0.6) is 0 Å². The lowest BCUT2D eigenvalue weighted by Crippen LogP contribution is -2.38. The first-order valence-corrected chi connectivity index (χ1v) is 8.34. The molecule has 0 spiro atoms. The summed E-state index contributed by atoms with van der Waals surface area (Å²) in [6.45, 7) is 10.5. The molecule has 0 saturated carbocycles. The van der Waals surface area contributed by atoms with Crippen molar-refractivity contribution in [2.24, 2.45) is 4.99 Å². The van der Waals surface area contributed by atoms with Crippen molar-refractivity contribution in [3.8, 4) is 0 Å². The molecule has 4 nitrogen and oxygen atoms in total. The maximum absolute atomic E-state index is 5.32. The molecule has 0 aliphatic heterocycles. The number of aliphatic imine (C=N–C) groups is 1. The standard InChI is InChI=1S/C15H27N3OS/c1-4-16-15(17-8-6-9-19-5-2)18-11-13(3)14-7-10-20-12-14/h7,10,12-13H,4-6,8-9,11H2,1-3H3,(H2,16,17,18). The van der Waals surface area contributed by atoms with E-state index in [1.165, 1.54) is 5.56 Å². The van der Waals surface area contributed by atoms with E-state index < -0.39 is 0 Å². The lowest BCUT2D eigenvalue weighted by molar-refractivity contribution is 0.145. The summed E-state index contributed by atoms with van der Waals surface area (Å²) < 4.78 is 5.32. The number of guanidine groups is 1. The number of nitrogens with zero attached hydrogens (tertiary/aromatic N) is 1. The van der Waals surface area contributed by atoms with Crippen LogP contribution in [0.15, 0.2) is 21.8 Å². The minimum atomic E-state index is 0.458. The van der Waals surface area contributed by atoms with Crippen molar-refractivity contribution in [2.45, 2.75) is 33.1 Å². The van der Waals surface area contributed by atoms with Crippen LogP contribution in [0.2, 0.25) is 0 Å². The third-order valence-corrected chi connectivity index (χ3v) is 3.64. The number of hydrogen-bond acceptors (Lipinski definition) is 3. The number of nitrogens with one attached hydrogen (secondary N) is 2. The fraction of sp³-hybridized carbons (Fsp3) is 0.667. The zero-order valence-electron chi connectivity index (χ0n) is 12.8. The van der Waals surface area contributed by atoms with Gasteiger partial charge in [-0.05, 0) is 42.7 Å². The Hall–Kier alpha value is -1.07. The summed E-state index contributed by atoms with van der Waals surface area (Å²) in [5.74, 6) is 1.35. The van der Waals surface area contributed by atoms with Gasteiger partial charge in [0, 0.05) is 38.8 Å². The fourth-order valence-corrected chi connectivity index (χ4v) is 2.54. The first-order valence-electron chi connectivity index (χ1n) is 7.39. The molecule has 1 heterocycles. The molecule has 0 saturated heterocycles. The molecule has 114 valence electrons. The Bertz CT molecular complexity index is 365. The van der Waals surface area contributed by atoms with Gasteiger partial charge in [-0.1, -0.05) is 6.92 Å². The number of rotatable bonds is 9. The number of ether oxygens (including phenoxy) is 1. The molecule has 1 rings (SSSR count). The Morgan fingerprint density at radius 3 is 2.90 bits per heavy atom. The van der Waals surface area contributed by atoms with Gasteiger partial charge < -0.3 is 15.4 Å². The molecule has 1 atom stereocenters. The summed E-state index contributed by atoms with van der Waals surface area (Å²) in [7, 11) is 0. The van der Waals surface area contributed by atoms with Crippen LogP contribution in [0, 0.1) is 0 Å². The largest absolute Gasteiger partial charge is 0.382 e. The van der Waals surface area contributed by atoms with Crippen LogP contribution in [0.25, 0.3) is 0 Å². The molecule has 20 heavy (non-hydrogen) atoms. The third kappa shape index (κ3) is 6.91. The normalized spacial score (nSPS) is 13.2. The minimum Gasteiger partial charge on any atom is -0.382 e. The van der Waals surface area contributed by atoms with Gasteiger partial charge in [0.1, 0.15) is 0 Å². The average molecular weight is 297 g/mol. The van der Waals surface area contributed by atoms with Gasteiger partial charge in [-0.2, -0.15) is 11.3 Å². The predicted molar refractivity (Wildman–Crippen MR) is 87.8 cm³/mol. The summed E-state index contributed by atoms with van der Waals surface area (Å²) in [6.07, 6.45) is 0.998. The lowest BCUT2D eigenvalue weighted by atomic mass is 10.1. The SMILES string of the molecule is CCNC(=NCC(C)c1ccsc1)NCCCOCC. The lowest BCUT2D eigenvalue weighted by Gasteiger charge is -2.13. The highest BCUT2D eigenvalue weighted by Crippen LogP contribution is 2.18. The molecular formula is C15H27N3OS. The van der Waals surface area contributed by atoms with Crippen LogP contribution in [-0.4, -0.2) is 38.8 Å². The molecule has 2 N–H and O–H groups in total. The summed E-state index contributed by atoms with van der Waals surface area (Å²) in [4.78, 5) is 4.65. The Labute approximate surface area is 126 Å². The van der Waals surface area contributed by atoms with Crippen molar-refractivity contribution >= 4 is 17.3 Å². The van der Waals surface area contributed by atoms with Gasteiger partial charge in [-0.15, -0.1) is 0 Å². The van der Waals surface area contributed by atoms with Gasteiger partial charge in [0.2, 0.25) is 0 Å². The first-order chi connectivity index (χ1) is 9.77. The topological polar surface area (TPSA) is 45.7 Å². The van der Waals surface area contributed by atoms with E-state index in [-0.39, 0.29) is 0 Å². The van der Waals surface area contributed by atoms with E-state index in [1.54, 1.807) is 11.3 Å². The van der Waals surface area contributed by atoms with Crippen LogP contribution >= 0.6 is 11.3 Å². The fourth-order valence-electron chi connectivity index (χ4n) is 1.76. The number of hydrogen-bond donors (Lipinski definition) is 2. The smallest absolute Gasteiger partial charge is 0.191 e. The molecule has 1 unspecified atom stereocenters. The quantitative estimate of drug-likeness (QED) is 0.418. The van der Waals surface area contributed by atoms with E-state index >= 15 is 0 Å². The van der Waals surface area contributed by atoms with Crippen LogP contribution in [0.3, 0.4) is 0 Å². The molecule has 0 amide bonds. The van der Waals surface area contributed by atoms with E-state index in [2.05, 4.69) is 46.3 Å². The van der Waals surface area contributed by atoms with Gasteiger partial charge >= 0.3 is 0 Å². The number of thiophene rings is 1. The summed E-state index contributed by atoms with van der Waals surface area (Å²) in [5, 5.41) is 10.9. The molecule has 1 aromatic heterocycles. The predicted octanol–water partition coefficient (Wildman–Crippen LogP) is 2.83. The maximum atomic E-state index is 5.32. The van der Waals surface area contributed by atoms with E-state index in [0.717, 1.165) is 45.2 Å².